The quantitative estimate of drug-likeness (QED) is 0.396. The van der Waals surface area contributed by atoms with Crippen LogP contribution in [0.5, 0.6) is 0 Å². The van der Waals surface area contributed by atoms with E-state index >= 15 is 0 Å². The molecule has 0 aromatic heterocycles. The van der Waals surface area contributed by atoms with E-state index in [0.29, 0.717) is 11.7 Å². The first-order valence-electron chi connectivity index (χ1n) is 5.52. The van der Waals surface area contributed by atoms with Gasteiger partial charge in [0.05, 0.1) is 0 Å². The molecular weight excluding hydrogens is 188 g/mol. The monoisotopic (exact) mass is 208 g/mol. The number of unbranched alkanes of at least 4 members (excludes halogenated alkanes) is 1. The molecule has 1 aliphatic carbocycles. The van der Waals surface area contributed by atoms with Crippen LogP contribution >= 0.6 is 0 Å². The van der Waals surface area contributed by atoms with Crippen LogP contribution in [0.25, 0.3) is 0 Å². The van der Waals surface area contributed by atoms with Gasteiger partial charge in [0.15, 0.2) is 0 Å². The zero-order valence-corrected chi connectivity index (χ0v) is 10.5. The zero-order chi connectivity index (χ0) is 10.6. The number of ketones is 1. The van der Waals surface area contributed by atoms with E-state index in [0.717, 1.165) is 32.1 Å². The van der Waals surface area contributed by atoms with Crippen molar-refractivity contribution in [2.75, 3.05) is 0 Å². The van der Waals surface area contributed by atoms with Crippen LogP contribution in [0.3, 0.4) is 0 Å². The number of rotatable bonds is 3. The van der Waals surface area contributed by atoms with Crippen LogP contribution in [0.15, 0.2) is 0 Å². The number of carbonyl (C=O) groups is 1. The van der Waals surface area contributed by atoms with Crippen LogP contribution in [-0.2, 0) is 4.79 Å². The molecule has 1 saturated carbocycles. The smallest absolute Gasteiger partial charge is 0.136 e. The van der Waals surface area contributed by atoms with Gasteiger partial charge in [0.2, 0.25) is 0 Å². The molecule has 1 atom stereocenters. The molecule has 1 aliphatic rings. The summed E-state index contributed by atoms with van der Waals surface area (Å²) in [5.74, 6) is 4.11. The second-order valence-corrected chi connectivity index (χ2v) is 9.90. The lowest BCUT2D eigenvalue weighted by Crippen LogP contribution is -2.25. The zero-order valence-electron chi connectivity index (χ0n) is 9.52. The summed E-state index contributed by atoms with van der Waals surface area (Å²) in [5, 5.41) is 0. The Kier molecular flexibility index (Phi) is 3.94. The molecule has 0 aromatic rings. The fraction of sp³-hybridized carbons (Fsp3) is 0.750. The van der Waals surface area contributed by atoms with Crippen molar-refractivity contribution in [3.63, 3.8) is 0 Å². The Balaban J connectivity index is 2.09. The average Bonchev–Trinajstić information content (AvgIpc) is 2.06. The molecule has 78 valence electrons. The number of carbonyl (C=O) groups excluding carboxylic acids is 1. The fourth-order valence-electron chi connectivity index (χ4n) is 1.54. The lowest BCUT2D eigenvalue weighted by molar-refractivity contribution is -0.129. The maximum atomic E-state index is 11.0. The highest BCUT2D eigenvalue weighted by Gasteiger charge is 2.26. The first kappa shape index (κ1) is 11.5. The summed E-state index contributed by atoms with van der Waals surface area (Å²) >= 11 is 0. The first-order chi connectivity index (χ1) is 6.49. The molecular formula is C12H20OSi. The van der Waals surface area contributed by atoms with Gasteiger partial charge in [-0.05, 0) is 19.3 Å². The molecule has 0 bridgehead atoms. The van der Waals surface area contributed by atoms with Gasteiger partial charge in [-0.3, -0.25) is 4.79 Å². The summed E-state index contributed by atoms with van der Waals surface area (Å²) in [6.45, 7) is 6.78. The molecule has 14 heavy (non-hydrogen) atoms. The third kappa shape index (κ3) is 4.10. The van der Waals surface area contributed by atoms with E-state index in [-0.39, 0.29) is 0 Å². The second kappa shape index (κ2) is 4.79. The molecule has 1 rings (SSSR count). The Labute approximate surface area is 88.3 Å². The predicted molar refractivity (Wildman–Crippen MR) is 62.7 cm³/mol. The van der Waals surface area contributed by atoms with Gasteiger partial charge in [-0.1, -0.05) is 19.6 Å². The Hall–Kier alpha value is -0.553. The predicted octanol–water partition coefficient (Wildman–Crippen LogP) is 3.02. The minimum atomic E-state index is -1.17. The molecule has 0 saturated heterocycles. The lowest BCUT2D eigenvalue weighted by atomic mass is 9.80. The van der Waals surface area contributed by atoms with Gasteiger partial charge < -0.3 is 0 Å². The van der Waals surface area contributed by atoms with Crippen molar-refractivity contribution in [3.8, 4) is 11.5 Å². The number of Topliss-reactive ketones (excluding diaryl/α,β-unsaturated/α-hetero) is 1. The van der Waals surface area contributed by atoms with Crippen LogP contribution in [0.1, 0.15) is 32.1 Å². The Morgan fingerprint density at radius 3 is 2.57 bits per heavy atom. The highest BCUT2D eigenvalue weighted by Crippen LogP contribution is 2.26. The van der Waals surface area contributed by atoms with Gasteiger partial charge in [0, 0.05) is 18.8 Å². The molecule has 1 fully saturated rings. The van der Waals surface area contributed by atoms with E-state index in [4.69, 9.17) is 0 Å². The van der Waals surface area contributed by atoms with Crippen molar-refractivity contribution in [1.82, 2.24) is 0 Å². The average molecular weight is 208 g/mol. The lowest BCUT2D eigenvalue weighted by Gasteiger charge is -2.22. The molecule has 0 amide bonds. The van der Waals surface area contributed by atoms with Crippen molar-refractivity contribution in [2.45, 2.75) is 51.7 Å². The molecule has 2 heteroatoms. The van der Waals surface area contributed by atoms with Crippen LogP contribution in [0.4, 0.5) is 0 Å². The number of hydrogen-bond acceptors (Lipinski definition) is 1. The minimum absolute atomic E-state index is 0.392. The topological polar surface area (TPSA) is 17.1 Å². The summed E-state index contributed by atoms with van der Waals surface area (Å²) < 4.78 is 0. The Bertz CT molecular complexity index is 264. The SMILES string of the molecule is C[Si](C)(C)C#CCCCC1CCC1=O. The van der Waals surface area contributed by atoms with E-state index in [1.165, 1.54) is 0 Å². The van der Waals surface area contributed by atoms with Crippen molar-refractivity contribution in [1.29, 1.82) is 0 Å². The molecule has 0 aliphatic heterocycles. The van der Waals surface area contributed by atoms with Gasteiger partial charge in [0.1, 0.15) is 13.9 Å². The molecule has 0 spiro atoms. The molecule has 0 radical (unpaired) electrons. The maximum absolute atomic E-state index is 11.0. The first-order valence-corrected chi connectivity index (χ1v) is 9.02. The van der Waals surface area contributed by atoms with E-state index < -0.39 is 8.07 Å². The van der Waals surface area contributed by atoms with E-state index in [1.54, 1.807) is 0 Å². The van der Waals surface area contributed by atoms with Crippen LogP contribution in [0.2, 0.25) is 19.6 Å². The largest absolute Gasteiger partial charge is 0.299 e. The maximum Gasteiger partial charge on any atom is 0.136 e. The van der Waals surface area contributed by atoms with E-state index in [1.807, 2.05) is 0 Å². The summed E-state index contributed by atoms with van der Waals surface area (Å²) in [5.41, 5.74) is 3.35. The molecule has 0 N–H and O–H groups in total. The van der Waals surface area contributed by atoms with Crippen LogP contribution in [0, 0.1) is 17.4 Å². The third-order valence-corrected chi connectivity index (χ3v) is 3.44. The summed E-state index contributed by atoms with van der Waals surface area (Å²) in [6.07, 6.45) is 5.10. The van der Waals surface area contributed by atoms with Crippen LogP contribution in [-0.4, -0.2) is 13.9 Å². The van der Waals surface area contributed by atoms with Crippen molar-refractivity contribution < 1.29 is 4.79 Å². The molecule has 0 aromatic carbocycles. The molecule has 1 nitrogen and oxygen atoms in total. The highest BCUT2D eigenvalue weighted by molar-refractivity contribution is 6.83. The van der Waals surface area contributed by atoms with Crippen molar-refractivity contribution in [2.24, 2.45) is 5.92 Å². The Morgan fingerprint density at radius 2 is 2.14 bits per heavy atom. The van der Waals surface area contributed by atoms with Gasteiger partial charge in [-0.15, -0.1) is 11.5 Å². The van der Waals surface area contributed by atoms with E-state index in [9.17, 15) is 4.79 Å². The van der Waals surface area contributed by atoms with Gasteiger partial charge in [-0.2, -0.15) is 0 Å². The summed E-state index contributed by atoms with van der Waals surface area (Å²) in [4.78, 5) is 11.0. The van der Waals surface area contributed by atoms with Gasteiger partial charge in [0.25, 0.3) is 0 Å². The Morgan fingerprint density at radius 1 is 1.43 bits per heavy atom. The highest BCUT2D eigenvalue weighted by atomic mass is 28.3. The van der Waals surface area contributed by atoms with Gasteiger partial charge >= 0.3 is 0 Å². The normalized spacial score (nSPS) is 21.1. The number of hydrogen-bond donors (Lipinski definition) is 0. The fourth-order valence-corrected chi connectivity index (χ4v) is 2.19. The van der Waals surface area contributed by atoms with Crippen molar-refractivity contribution in [3.05, 3.63) is 0 Å². The van der Waals surface area contributed by atoms with Gasteiger partial charge in [-0.25, -0.2) is 0 Å². The molecule has 0 heterocycles. The molecule has 1 unspecified atom stereocenters. The minimum Gasteiger partial charge on any atom is -0.299 e. The van der Waals surface area contributed by atoms with E-state index in [2.05, 4.69) is 31.1 Å². The summed E-state index contributed by atoms with van der Waals surface area (Å²) in [7, 11) is -1.17. The van der Waals surface area contributed by atoms with Crippen molar-refractivity contribution >= 4 is 13.9 Å². The standard InChI is InChI=1S/C12H20OSi/c1-14(2,3)10-6-4-5-7-11-8-9-12(11)13/h11H,4-5,7-9H2,1-3H3. The third-order valence-electron chi connectivity index (χ3n) is 2.51. The van der Waals surface area contributed by atoms with Crippen LogP contribution < -0.4 is 0 Å². The second-order valence-electron chi connectivity index (χ2n) is 5.15. The summed E-state index contributed by atoms with van der Waals surface area (Å²) in [6, 6.07) is 0.